The Bertz CT molecular complexity index is 594. The number of halogens is 1. The molecule has 1 saturated heterocycles. The van der Waals surface area contributed by atoms with Gasteiger partial charge in [0.1, 0.15) is 0 Å². The van der Waals surface area contributed by atoms with E-state index in [4.69, 9.17) is 11.6 Å². The smallest absolute Gasteiger partial charge is 0.193 e. The highest BCUT2D eigenvalue weighted by atomic mass is 35.5. The molecule has 0 amide bonds. The zero-order chi connectivity index (χ0) is 16.9. The zero-order valence-corrected chi connectivity index (χ0v) is 14.8. The first-order valence-corrected chi connectivity index (χ1v) is 8.83. The summed E-state index contributed by atoms with van der Waals surface area (Å²) in [4.78, 5) is 9.15. The normalized spacial score (nSPS) is 23.0. The number of nitrogens with zero attached hydrogens (tertiary/aromatic N) is 3. The molecule has 2 heterocycles. The van der Waals surface area contributed by atoms with Crippen molar-refractivity contribution in [3.63, 3.8) is 0 Å². The largest absolute Gasteiger partial charge is 0.387 e. The number of aliphatic hydroxyl groups excluding tert-OH is 1. The Hall–Kier alpha value is -1.56. The van der Waals surface area contributed by atoms with Crippen LogP contribution in [0.3, 0.4) is 0 Å². The van der Waals surface area contributed by atoms with Crippen molar-refractivity contribution in [2.75, 3.05) is 39.8 Å². The second-order valence-electron chi connectivity index (χ2n) is 6.31. The van der Waals surface area contributed by atoms with Gasteiger partial charge in [-0.25, -0.2) is 0 Å². The maximum atomic E-state index is 10.3. The maximum absolute atomic E-state index is 10.3. The van der Waals surface area contributed by atoms with Crippen molar-refractivity contribution in [1.82, 2.24) is 15.1 Å². The summed E-state index contributed by atoms with van der Waals surface area (Å²) in [5.74, 6) is 0.859. The van der Waals surface area contributed by atoms with Crippen LogP contribution in [0.4, 0.5) is 0 Å². The highest BCUT2D eigenvalue weighted by Gasteiger charge is 2.29. The summed E-state index contributed by atoms with van der Waals surface area (Å²) >= 11 is 5.89. The number of nitrogens with one attached hydrogen (secondary N) is 1. The number of hydrogen-bond acceptors (Lipinski definition) is 3. The number of hydrogen-bond donors (Lipinski definition) is 2. The van der Waals surface area contributed by atoms with E-state index in [1.807, 2.05) is 12.1 Å². The molecule has 0 saturated carbocycles. The van der Waals surface area contributed by atoms with E-state index < -0.39 is 6.10 Å². The van der Waals surface area contributed by atoms with E-state index in [2.05, 4.69) is 32.3 Å². The first kappa shape index (κ1) is 17.3. The van der Waals surface area contributed by atoms with E-state index in [1.54, 1.807) is 19.2 Å². The SMILES string of the molecule is CN=C(NCC(O)c1ccc(Cl)cc1)N1CCC(N2CC=CC2)C1. The van der Waals surface area contributed by atoms with Crippen LogP contribution in [-0.2, 0) is 0 Å². The zero-order valence-electron chi connectivity index (χ0n) is 14.0. The number of benzene rings is 1. The lowest BCUT2D eigenvalue weighted by atomic mass is 10.1. The van der Waals surface area contributed by atoms with Gasteiger partial charge in [0, 0.05) is 50.8 Å². The van der Waals surface area contributed by atoms with Gasteiger partial charge in [-0.15, -0.1) is 0 Å². The monoisotopic (exact) mass is 348 g/mol. The van der Waals surface area contributed by atoms with E-state index in [-0.39, 0.29) is 0 Å². The molecule has 2 N–H and O–H groups in total. The molecule has 5 nitrogen and oxygen atoms in total. The van der Waals surface area contributed by atoms with Crippen LogP contribution in [0.1, 0.15) is 18.1 Å². The number of aliphatic hydroxyl groups is 1. The molecule has 6 heteroatoms. The lowest BCUT2D eigenvalue weighted by molar-refractivity contribution is 0.179. The predicted molar refractivity (Wildman–Crippen MR) is 98.5 cm³/mol. The fraction of sp³-hybridized carbons (Fsp3) is 0.500. The second-order valence-corrected chi connectivity index (χ2v) is 6.75. The molecule has 0 spiro atoms. The molecule has 0 aliphatic carbocycles. The summed E-state index contributed by atoms with van der Waals surface area (Å²) in [5.41, 5.74) is 0.852. The van der Waals surface area contributed by atoms with Gasteiger partial charge in [-0.2, -0.15) is 0 Å². The molecule has 0 bridgehead atoms. The van der Waals surface area contributed by atoms with Crippen LogP contribution in [0.2, 0.25) is 5.02 Å². The van der Waals surface area contributed by atoms with Crippen molar-refractivity contribution >= 4 is 17.6 Å². The highest BCUT2D eigenvalue weighted by Crippen LogP contribution is 2.19. The standard InChI is InChI=1S/C18H25ClN4O/c1-20-18(21-12-17(24)14-4-6-15(19)7-5-14)23-11-8-16(13-23)22-9-2-3-10-22/h2-7,16-17,24H,8-13H2,1H3,(H,20,21). The molecular weight excluding hydrogens is 324 g/mol. The molecule has 1 fully saturated rings. The van der Waals surface area contributed by atoms with Crippen LogP contribution >= 0.6 is 11.6 Å². The number of rotatable bonds is 4. The third-order valence-electron chi connectivity index (χ3n) is 4.75. The van der Waals surface area contributed by atoms with E-state index in [0.717, 1.165) is 44.1 Å². The molecule has 1 aromatic carbocycles. The van der Waals surface area contributed by atoms with Crippen molar-refractivity contribution < 1.29 is 5.11 Å². The van der Waals surface area contributed by atoms with Gasteiger partial charge in [0.2, 0.25) is 0 Å². The fourth-order valence-electron chi connectivity index (χ4n) is 3.35. The molecule has 2 atom stereocenters. The summed E-state index contributed by atoms with van der Waals surface area (Å²) in [6, 6.07) is 7.88. The van der Waals surface area contributed by atoms with E-state index in [9.17, 15) is 5.11 Å². The maximum Gasteiger partial charge on any atom is 0.193 e. The molecule has 2 aliphatic rings. The van der Waals surface area contributed by atoms with Crippen LogP contribution in [0.15, 0.2) is 41.4 Å². The lowest BCUT2D eigenvalue weighted by Crippen LogP contribution is -2.43. The minimum atomic E-state index is -0.583. The first-order valence-electron chi connectivity index (χ1n) is 8.45. The van der Waals surface area contributed by atoms with Crippen molar-refractivity contribution in [2.24, 2.45) is 4.99 Å². The molecule has 130 valence electrons. The Balaban J connectivity index is 1.51. The number of guanidine groups is 1. The molecule has 0 aromatic heterocycles. The van der Waals surface area contributed by atoms with Gasteiger partial charge in [-0.1, -0.05) is 35.9 Å². The van der Waals surface area contributed by atoms with Gasteiger partial charge in [0.25, 0.3) is 0 Å². The van der Waals surface area contributed by atoms with E-state index in [1.165, 1.54) is 0 Å². The van der Waals surface area contributed by atoms with Crippen LogP contribution < -0.4 is 5.32 Å². The van der Waals surface area contributed by atoms with Gasteiger partial charge in [-0.05, 0) is 24.1 Å². The first-order chi connectivity index (χ1) is 11.7. The van der Waals surface area contributed by atoms with Crippen molar-refractivity contribution in [3.8, 4) is 0 Å². The third kappa shape index (κ3) is 4.09. The molecule has 1 aromatic rings. The fourth-order valence-corrected chi connectivity index (χ4v) is 3.47. The topological polar surface area (TPSA) is 51.1 Å². The number of likely N-dealkylation sites (tertiary alicyclic amines) is 1. The number of aliphatic imine (C=N–C) groups is 1. The summed E-state index contributed by atoms with van der Waals surface area (Å²) < 4.78 is 0. The molecule has 2 aliphatic heterocycles. The Kier molecular flexibility index (Phi) is 5.76. The molecule has 2 unspecified atom stereocenters. The average Bonchev–Trinajstić information content (AvgIpc) is 3.27. The van der Waals surface area contributed by atoms with Gasteiger partial charge in [-0.3, -0.25) is 9.89 Å². The summed E-state index contributed by atoms with van der Waals surface area (Å²) in [5, 5.41) is 14.3. The summed E-state index contributed by atoms with van der Waals surface area (Å²) in [6.07, 6.45) is 5.04. The van der Waals surface area contributed by atoms with Gasteiger partial charge in [0.05, 0.1) is 6.10 Å². The molecule has 0 radical (unpaired) electrons. The summed E-state index contributed by atoms with van der Waals surface area (Å²) in [6.45, 7) is 4.52. The van der Waals surface area contributed by atoms with E-state index in [0.29, 0.717) is 17.6 Å². The minimum Gasteiger partial charge on any atom is -0.387 e. The quantitative estimate of drug-likeness (QED) is 0.495. The Morgan fingerprint density at radius 1 is 1.33 bits per heavy atom. The average molecular weight is 349 g/mol. The van der Waals surface area contributed by atoms with Gasteiger partial charge in [0.15, 0.2) is 5.96 Å². The van der Waals surface area contributed by atoms with E-state index >= 15 is 0 Å². The van der Waals surface area contributed by atoms with Crippen LogP contribution in [0.5, 0.6) is 0 Å². The molecule has 3 rings (SSSR count). The third-order valence-corrected chi connectivity index (χ3v) is 5.00. The van der Waals surface area contributed by atoms with Crippen molar-refractivity contribution in [3.05, 3.63) is 47.0 Å². The van der Waals surface area contributed by atoms with Crippen LogP contribution in [0, 0.1) is 0 Å². The highest BCUT2D eigenvalue weighted by molar-refractivity contribution is 6.30. The van der Waals surface area contributed by atoms with Crippen LogP contribution in [-0.4, -0.2) is 66.7 Å². The molecule has 24 heavy (non-hydrogen) atoms. The Labute approximate surface area is 148 Å². The van der Waals surface area contributed by atoms with Crippen LogP contribution in [0.25, 0.3) is 0 Å². The molecular formula is C18H25ClN4O. The predicted octanol–water partition coefficient (Wildman–Crippen LogP) is 1.89. The summed E-state index contributed by atoms with van der Waals surface area (Å²) in [7, 11) is 1.79. The van der Waals surface area contributed by atoms with Gasteiger partial charge >= 0.3 is 0 Å². The lowest BCUT2D eigenvalue weighted by Gasteiger charge is -2.26. The van der Waals surface area contributed by atoms with Crippen molar-refractivity contribution in [1.29, 1.82) is 0 Å². The van der Waals surface area contributed by atoms with Crippen molar-refractivity contribution in [2.45, 2.75) is 18.6 Å². The minimum absolute atomic E-state index is 0.431. The second kappa shape index (κ2) is 8.01. The van der Waals surface area contributed by atoms with Gasteiger partial charge < -0.3 is 15.3 Å². The Morgan fingerprint density at radius 2 is 2.04 bits per heavy atom. The Morgan fingerprint density at radius 3 is 2.71 bits per heavy atom.